The minimum atomic E-state index is -0.0567. The minimum absolute atomic E-state index is 0.0567. The molecule has 2 heterocycles. The Kier molecular flexibility index (Phi) is 7.02. The second kappa shape index (κ2) is 10.5. The van der Waals surface area contributed by atoms with Crippen molar-refractivity contribution in [3.05, 3.63) is 89.8 Å². The summed E-state index contributed by atoms with van der Waals surface area (Å²) in [6.45, 7) is 4.55. The molecule has 0 fully saturated rings. The van der Waals surface area contributed by atoms with Crippen LogP contribution in [-0.2, 0) is 17.9 Å². The molecule has 0 bridgehead atoms. The lowest BCUT2D eigenvalue weighted by Gasteiger charge is -2.24. The first-order chi connectivity index (χ1) is 15.7. The molecule has 0 saturated carbocycles. The number of hydrogen-bond acceptors (Lipinski definition) is 5. The molecular weight excluding hydrogens is 404 g/mol. The molecule has 6 nitrogen and oxygen atoms in total. The maximum Gasteiger partial charge on any atom is 0.246 e. The van der Waals surface area contributed by atoms with E-state index in [9.17, 15) is 4.79 Å². The van der Waals surface area contributed by atoms with Crippen LogP contribution in [0.4, 0.5) is 0 Å². The van der Waals surface area contributed by atoms with Gasteiger partial charge in [-0.3, -0.25) is 9.78 Å². The fraction of sp³-hybridized carbons (Fsp3) is 0.231. The van der Waals surface area contributed by atoms with Crippen LogP contribution in [-0.4, -0.2) is 35.5 Å². The lowest BCUT2D eigenvalue weighted by atomic mass is 10.1. The van der Waals surface area contributed by atoms with Crippen molar-refractivity contribution < 1.29 is 19.0 Å². The van der Waals surface area contributed by atoms with Crippen molar-refractivity contribution in [3.8, 4) is 17.2 Å². The first-order valence-corrected chi connectivity index (χ1v) is 10.7. The highest BCUT2D eigenvalue weighted by Gasteiger charge is 2.18. The summed E-state index contributed by atoms with van der Waals surface area (Å²) in [7, 11) is 0. The molecule has 1 aliphatic rings. The second-order valence-electron chi connectivity index (χ2n) is 7.35. The van der Waals surface area contributed by atoms with Gasteiger partial charge >= 0.3 is 0 Å². The fourth-order valence-electron chi connectivity index (χ4n) is 3.41. The molecule has 3 aromatic rings. The van der Waals surface area contributed by atoms with Crippen LogP contribution in [0.15, 0.2) is 73.1 Å². The van der Waals surface area contributed by atoms with Gasteiger partial charge in [-0.15, -0.1) is 0 Å². The van der Waals surface area contributed by atoms with E-state index in [1.807, 2.05) is 67.6 Å². The molecular formula is C26H26N2O4. The maximum atomic E-state index is 12.8. The third kappa shape index (κ3) is 5.46. The van der Waals surface area contributed by atoms with Gasteiger partial charge in [0, 0.05) is 42.7 Å². The highest BCUT2D eigenvalue weighted by atomic mass is 16.6. The third-order valence-electron chi connectivity index (χ3n) is 5.13. The standard InChI is InChI=1S/C26H26N2O4/c1-2-28(18-22-6-3-7-24-26(22)31-16-15-30-24)25(29)13-10-20-8-11-23(12-9-20)32-19-21-5-4-14-27-17-21/h3-14,17H,2,15-16,18-19H2,1H3/b13-10+. The van der Waals surface area contributed by atoms with Crippen LogP contribution in [0.25, 0.3) is 6.08 Å². The summed E-state index contributed by atoms with van der Waals surface area (Å²) in [6.07, 6.45) is 6.94. The van der Waals surface area contributed by atoms with Gasteiger partial charge in [0.2, 0.25) is 5.91 Å². The topological polar surface area (TPSA) is 60.9 Å². The van der Waals surface area contributed by atoms with Gasteiger partial charge in [0.1, 0.15) is 25.6 Å². The molecule has 1 aliphatic heterocycles. The molecule has 0 atom stereocenters. The van der Waals surface area contributed by atoms with E-state index in [1.165, 1.54) is 0 Å². The number of rotatable bonds is 8. The number of amides is 1. The average Bonchev–Trinajstić information content (AvgIpc) is 2.86. The van der Waals surface area contributed by atoms with E-state index in [1.54, 1.807) is 23.4 Å². The number of carbonyl (C=O) groups excluding carboxylic acids is 1. The number of para-hydroxylation sites is 1. The Balaban J connectivity index is 1.35. The molecule has 0 N–H and O–H groups in total. The predicted molar refractivity (Wildman–Crippen MR) is 123 cm³/mol. The van der Waals surface area contributed by atoms with Crippen molar-refractivity contribution in [2.24, 2.45) is 0 Å². The zero-order chi connectivity index (χ0) is 22.2. The van der Waals surface area contributed by atoms with Crippen LogP contribution in [0.1, 0.15) is 23.6 Å². The number of pyridine rings is 1. The number of likely N-dealkylation sites (N-methyl/N-ethyl adjacent to an activating group) is 1. The van der Waals surface area contributed by atoms with Crippen LogP contribution in [0.2, 0.25) is 0 Å². The van der Waals surface area contributed by atoms with Crippen molar-refractivity contribution in [1.29, 1.82) is 0 Å². The summed E-state index contributed by atoms with van der Waals surface area (Å²) < 4.78 is 17.2. The normalized spacial score (nSPS) is 12.5. The summed E-state index contributed by atoms with van der Waals surface area (Å²) >= 11 is 0. The lowest BCUT2D eigenvalue weighted by Crippen LogP contribution is -2.29. The van der Waals surface area contributed by atoms with Crippen molar-refractivity contribution >= 4 is 12.0 Å². The number of benzene rings is 2. The zero-order valence-corrected chi connectivity index (χ0v) is 18.1. The maximum absolute atomic E-state index is 12.8. The fourth-order valence-corrected chi connectivity index (χ4v) is 3.41. The van der Waals surface area contributed by atoms with Gasteiger partial charge in [0.25, 0.3) is 0 Å². The summed E-state index contributed by atoms with van der Waals surface area (Å²) in [5.74, 6) is 2.18. The van der Waals surface area contributed by atoms with E-state index in [2.05, 4.69) is 4.98 Å². The first-order valence-electron chi connectivity index (χ1n) is 10.7. The Morgan fingerprint density at radius 1 is 1.09 bits per heavy atom. The molecule has 2 aromatic carbocycles. The summed E-state index contributed by atoms with van der Waals surface area (Å²) in [5, 5.41) is 0. The van der Waals surface area contributed by atoms with Gasteiger partial charge < -0.3 is 19.1 Å². The molecule has 164 valence electrons. The smallest absolute Gasteiger partial charge is 0.246 e. The quantitative estimate of drug-likeness (QED) is 0.493. The van der Waals surface area contributed by atoms with E-state index in [0.29, 0.717) is 32.9 Å². The molecule has 1 aromatic heterocycles. The second-order valence-corrected chi connectivity index (χ2v) is 7.35. The number of ether oxygens (including phenoxy) is 3. The van der Waals surface area contributed by atoms with E-state index in [-0.39, 0.29) is 5.91 Å². The lowest BCUT2D eigenvalue weighted by molar-refractivity contribution is -0.126. The Hall–Kier alpha value is -3.80. The Labute approximate surface area is 188 Å². The Bertz CT molecular complexity index is 1060. The van der Waals surface area contributed by atoms with Crippen LogP contribution in [0.5, 0.6) is 17.2 Å². The molecule has 0 spiro atoms. The summed E-state index contributed by atoms with van der Waals surface area (Å²) in [5.41, 5.74) is 2.89. The zero-order valence-electron chi connectivity index (χ0n) is 18.1. The van der Waals surface area contributed by atoms with Crippen LogP contribution in [0.3, 0.4) is 0 Å². The average molecular weight is 431 g/mol. The molecule has 0 saturated heterocycles. The van der Waals surface area contributed by atoms with Crippen molar-refractivity contribution in [3.63, 3.8) is 0 Å². The molecule has 32 heavy (non-hydrogen) atoms. The van der Waals surface area contributed by atoms with E-state index in [4.69, 9.17) is 14.2 Å². The summed E-state index contributed by atoms with van der Waals surface area (Å²) in [6, 6.07) is 17.3. The SMILES string of the molecule is CCN(Cc1cccc2c1OCCO2)C(=O)/C=C/c1ccc(OCc2cccnc2)cc1. The van der Waals surface area contributed by atoms with Crippen molar-refractivity contribution in [2.45, 2.75) is 20.1 Å². The molecule has 0 unspecified atom stereocenters. The largest absolute Gasteiger partial charge is 0.489 e. The van der Waals surface area contributed by atoms with E-state index >= 15 is 0 Å². The highest BCUT2D eigenvalue weighted by Crippen LogP contribution is 2.34. The van der Waals surface area contributed by atoms with E-state index in [0.717, 1.165) is 33.9 Å². The first kappa shape index (κ1) is 21.4. The van der Waals surface area contributed by atoms with Gasteiger partial charge in [-0.05, 0) is 42.8 Å². The van der Waals surface area contributed by atoms with Gasteiger partial charge in [-0.2, -0.15) is 0 Å². The predicted octanol–water partition coefficient (Wildman–Crippen LogP) is 4.49. The van der Waals surface area contributed by atoms with Crippen LogP contribution >= 0.6 is 0 Å². The number of fused-ring (bicyclic) bond motifs is 1. The Morgan fingerprint density at radius 3 is 2.72 bits per heavy atom. The number of hydrogen-bond donors (Lipinski definition) is 0. The number of carbonyl (C=O) groups is 1. The van der Waals surface area contributed by atoms with Crippen LogP contribution in [0, 0.1) is 0 Å². The Morgan fingerprint density at radius 2 is 1.94 bits per heavy atom. The van der Waals surface area contributed by atoms with Crippen molar-refractivity contribution in [2.75, 3.05) is 19.8 Å². The third-order valence-corrected chi connectivity index (χ3v) is 5.13. The number of nitrogens with zero attached hydrogens (tertiary/aromatic N) is 2. The van der Waals surface area contributed by atoms with Crippen LogP contribution < -0.4 is 14.2 Å². The molecule has 4 rings (SSSR count). The van der Waals surface area contributed by atoms with Gasteiger partial charge in [-0.1, -0.05) is 30.3 Å². The molecule has 1 amide bonds. The van der Waals surface area contributed by atoms with Crippen molar-refractivity contribution in [1.82, 2.24) is 9.88 Å². The van der Waals surface area contributed by atoms with Gasteiger partial charge in [0.15, 0.2) is 11.5 Å². The monoisotopic (exact) mass is 430 g/mol. The highest BCUT2D eigenvalue weighted by molar-refractivity contribution is 5.91. The van der Waals surface area contributed by atoms with E-state index < -0.39 is 0 Å². The van der Waals surface area contributed by atoms with Gasteiger partial charge in [-0.25, -0.2) is 0 Å². The molecule has 0 radical (unpaired) electrons. The summed E-state index contributed by atoms with van der Waals surface area (Å²) in [4.78, 5) is 18.6. The minimum Gasteiger partial charge on any atom is -0.489 e. The molecule has 0 aliphatic carbocycles. The van der Waals surface area contributed by atoms with Gasteiger partial charge in [0.05, 0.1) is 0 Å². The molecule has 6 heteroatoms. The number of aromatic nitrogens is 1.